The average Bonchev–Trinajstić information content (AvgIpc) is 2.27. The fourth-order valence-corrected chi connectivity index (χ4v) is 3.18. The van der Waals surface area contributed by atoms with Crippen molar-refractivity contribution in [2.24, 2.45) is 11.8 Å². The molecule has 4 heteroatoms. The lowest BCUT2D eigenvalue weighted by atomic mass is 9.76. The molecule has 0 aromatic heterocycles. The van der Waals surface area contributed by atoms with Gasteiger partial charge in [0.05, 0.1) is 0 Å². The lowest BCUT2D eigenvalue weighted by Crippen LogP contribution is -2.56. The topological polar surface area (TPSA) is 41.6 Å². The maximum absolute atomic E-state index is 12.2. The first kappa shape index (κ1) is 13.7. The second-order valence-electron chi connectivity index (χ2n) is 6.62. The van der Waals surface area contributed by atoms with Gasteiger partial charge in [-0.3, -0.25) is 0 Å². The smallest absolute Gasteiger partial charge is 0.410 e. The van der Waals surface area contributed by atoms with Crippen molar-refractivity contribution < 1.29 is 9.53 Å². The quantitative estimate of drug-likeness (QED) is 0.721. The van der Waals surface area contributed by atoms with E-state index in [-0.39, 0.29) is 12.1 Å². The average molecular weight is 254 g/mol. The van der Waals surface area contributed by atoms with E-state index >= 15 is 0 Å². The number of likely N-dealkylation sites (tertiary alicyclic amines) is 1. The summed E-state index contributed by atoms with van der Waals surface area (Å²) in [4.78, 5) is 14.1. The van der Waals surface area contributed by atoms with Crippen molar-refractivity contribution in [1.82, 2.24) is 10.2 Å². The Bertz CT molecular complexity index is 311. The number of nitrogens with zero attached hydrogens (tertiary/aromatic N) is 1. The van der Waals surface area contributed by atoms with Crippen LogP contribution in [-0.4, -0.2) is 42.3 Å². The molecule has 18 heavy (non-hydrogen) atoms. The normalized spacial score (nSPS) is 32.9. The van der Waals surface area contributed by atoms with Crippen molar-refractivity contribution in [3.63, 3.8) is 0 Å². The number of hydrogen-bond donors (Lipinski definition) is 1. The summed E-state index contributed by atoms with van der Waals surface area (Å²) < 4.78 is 5.49. The second kappa shape index (κ2) is 5.08. The number of hydrogen-bond acceptors (Lipinski definition) is 3. The number of piperidine rings is 2. The van der Waals surface area contributed by atoms with Gasteiger partial charge in [0.2, 0.25) is 0 Å². The molecular weight excluding hydrogens is 228 g/mol. The fraction of sp³-hybridized carbons (Fsp3) is 0.929. The van der Waals surface area contributed by atoms with Crippen molar-refractivity contribution in [2.75, 3.05) is 19.6 Å². The van der Waals surface area contributed by atoms with Crippen LogP contribution in [0.2, 0.25) is 0 Å². The van der Waals surface area contributed by atoms with E-state index in [2.05, 4.69) is 12.2 Å². The summed E-state index contributed by atoms with van der Waals surface area (Å²) in [6, 6.07) is 0.284. The van der Waals surface area contributed by atoms with Crippen LogP contribution in [0.4, 0.5) is 4.79 Å². The van der Waals surface area contributed by atoms with Gasteiger partial charge in [-0.1, -0.05) is 0 Å². The van der Waals surface area contributed by atoms with Crippen LogP contribution in [0.1, 0.15) is 40.5 Å². The Morgan fingerprint density at radius 1 is 1.33 bits per heavy atom. The maximum atomic E-state index is 12.2. The Hall–Kier alpha value is -0.770. The monoisotopic (exact) mass is 254 g/mol. The largest absolute Gasteiger partial charge is 0.444 e. The molecule has 1 amide bonds. The van der Waals surface area contributed by atoms with Gasteiger partial charge in [0.1, 0.15) is 5.60 Å². The minimum Gasteiger partial charge on any atom is -0.444 e. The van der Waals surface area contributed by atoms with Crippen molar-refractivity contribution in [1.29, 1.82) is 0 Å². The molecule has 3 unspecified atom stereocenters. The minimum atomic E-state index is -0.404. The van der Waals surface area contributed by atoms with Gasteiger partial charge in [-0.25, -0.2) is 4.79 Å². The highest BCUT2D eigenvalue weighted by Crippen LogP contribution is 2.33. The molecule has 1 N–H and O–H groups in total. The van der Waals surface area contributed by atoms with Gasteiger partial charge in [-0.15, -0.1) is 0 Å². The molecule has 2 rings (SSSR count). The van der Waals surface area contributed by atoms with Crippen LogP contribution in [0.25, 0.3) is 0 Å². The van der Waals surface area contributed by atoms with E-state index in [0.717, 1.165) is 32.0 Å². The van der Waals surface area contributed by atoms with E-state index in [1.807, 2.05) is 25.7 Å². The maximum Gasteiger partial charge on any atom is 0.410 e. The number of ether oxygens (including phenoxy) is 1. The van der Waals surface area contributed by atoms with Crippen molar-refractivity contribution in [3.05, 3.63) is 0 Å². The summed E-state index contributed by atoms with van der Waals surface area (Å²) >= 11 is 0. The highest BCUT2D eigenvalue weighted by Gasteiger charge is 2.39. The van der Waals surface area contributed by atoms with E-state index < -0.39 is 5.60 Å². The predicted octanol–water partition coefficient (Wildman–Crippen LogP) is 2.24. The van der Waals surface area contributed by atoms with Gasteiger partial charge in [0, 0.05) is 19.1 Å². The van der Waals surface area contributed by atoms with Gasteiger partial charge in [-0.2, -0.15) is 0 Å². The SMILES string of the molecule is CC1C2CNCCC2CCN1C(=O)OC(C)(C)C. The van der Waals surface area contributed by atoms with Crippen LogP contribution in [0.3, 0.4) is 0 Å². The molecule has 4 nitrogen and oxygen atoms in total. The molecule has 0 saturated carbocycles. The fourth-order valence-electron chi connectivity index (χ4n) is 3.18. The Kier molecular flexibility index (Phi) is 3.85. The molecule has 2 aliphatic rings. The number of fused-ring (bicyclic) bond motifs is 1. The molecule has 0 aromatic rings. The van der Waals surface area contributed by atoms with Crippen LogP contribution >= 0.6 is 0 Å². The molecule has 104 valence electrons. The summed E-state index contributed by atoms with van der Waals surface area (Å²) in [6.07, 6.45) is 2.21. The summed E-state index contributed by atoms with van der Waals surface area (Å²) in [6.45, 7) is 10.9. The highest BCUT2D eigenvalue weighted by molar-refractivity contribution is 5.68. The first-order valence-electron chi connectivity index (χ1n) is 7.09. The lowest BCUT2D eigenvalue weighted by Gasteiger charge is -2.46. The molecule has 2 saturated heterocycles. The summed E-state index contributed by atoms with van der Waals surface area (Å²) in [5.41, 5.74) is -0.404. The van der Waals surface area contributed by atoms with E-state index in [9.17, 15) is 4.79 Å². The standard InChI is InChI=1S/C14H26N2O2/c1-10-12-9-15-7-5-11(12)6-8-16(10)13(17)18-14(2,3)4/h10-12,15H,5-9H2,1-4H3. The van der Waals surface area contributed by atoms with Crippen LogP contribution in [-0.2, 0) is 4.74 Å². The zero-order chi connectivity index (χ0) is 13.3. The third-order valence-corrected chi connectivity index (χ3v) is 4.16. The van der Waals surface area contributed by atoms with Crippen LogP contribution in [0, 0.1) is 11.8 Å². The zero-order valence-corrected chi connectivity index (χ0v) is 12.0. The summed E-state index contributed by atoms with van der Waals surface area (Å²) in [5, 5.41) is 3.44. The van der Waals surface area contributed by atoms with E-state index in [1.165, 1.54) is 6.42 Å². The minimum absolute atomic E-state index is 0.154. The first-order chi connectivity index (χ1) is 8.38. The van der Waals surface area contributed by atoms with Gasteiger partial charge >= 0.3 is 6.09 Å². The first-order valence-corrected chi connectivity index (χ1v) is 7.09. The molecule has 2 aliphatic heterocycles. The molecule has 0 bridgehead atoms. The zero-order valence-electron chi connectivity index (χ0n) is 12.0. The van der Waals surface area contributed by atoms with Gasteiger partial charge in [0.25, 0.3) is 0 Å². The molecule has 2 fully saturated rings. The van der Waals surface area contributed by atoms with Crippen molar-refractivity contribution >= 4 is 6.09 Å². The molecule has 0 radical (unpaired) electrons. The van der Waals surface area contributed by atoms with Gasteiger partial charge < -0.3 is 15.0 Å². The predicted molar refractivity (Wildman–Crippen MR) is 71.5 cm³/mol. The molecule has 0 aromatic carbocycles. The van der Waals surface area contributed by atoms with Crippen LogP contribution in [0.5, 0.6) is 0 Å². The number of carbonyl (C=O) groups excluding carboxylic acids is 1. The second-order valence-corrected chi connectivity index (χ2v) is 6.62. The van der Waals surface area contributed by atoms with Gasteiger partial charge in [0.15, 0.2) is 0 Å². The summed E-state index contributed by atoms with van der Waals surface area (Å²) in [7, 11) is 0. The number of carbonyl (C=O) groups is 1. The Balaban J connectivity index is 2.00. The van der Waals surface area contributed by atoms with E-state index in [4.69, 9.17) is 4.74 Å². The van der Waals surface area contributed by atoms with Gasteiger partial charge in [-0.05, 0) is 58.9 Å². The highest BCUT2D eigenvalue weighted by atomic mass is 16.6. The van der Waals surface area contributed by atoms with Crippen LogP contribution < -0.4 is 5.32 Å². The molecular formula is C14H26N2O2. The molecule has 0 spiro atoms. The number of amides is 1. The Morgan fingerprint density at radius 2 is 2.06 bits per heavy atom. The van der Waals surface area contributed by atoms with Crippen LogP contribution in [0.15, 0.2) is 0 Å². The number of rotatable bonds is 0. The number of nitrogens with one attached hydrogen (secondary N) is 1. The molecule has 3 atom stereocenters. The van der Waals surface area contributed by atoms with Crippen molar-refractivity contribution in [3.8, 4) is 0 Å². The third-order valence-electron chi connectivity index (χ3n) is 4.16. The van der Waals surface area contributed by atoms with Crippen molar-refractivity contribution in [2.45, 2.75) is 52.2 Å². The Labute approximate surface area is 110 Å². The van der Waals surface area contributed by atoms with E-state index in [0.29, 0.717) is 5.92 Å². The Morgan fingerprint density at radius 3 is 2.72 bits per heavy atom. The lowest BCUT2D eigenvalue weighted by molar-refractivity contribution is -0.0116. The van der Waals surface area contributed by atoms with E-state index in [1.54, 1.807) is 0 Å². The molecule has 2 heterocycles. The molecule has 0 aliphatic carbocycles. The third kappa shape index (κ3) is 2.97. The summed E-state index contributed by atoms with van der Waals surface area (Å²) in [5.74, 6) is 1.36.